The van der Waals surface area contributed by atoms with Gasteiger partial charge in [-0.25, -0.2) is 0 Å². The Morgan fingerprint density at radius 2 is 2.18 bits per heavy atom. The van der Waals surface area contributed by atoms with Crippen LogP contribution in [0.4, 0.5) is 5.69 Å². The first-order valence-electron chi connectivity index (χ1n) is 3.61. The van der Waals surface area contributed by atoms with E-state index in [2.05, 4.69) is 5.32 Å². The molecule has 0 atom stereocenters. The lowest BCUT2D eigenvalue weighted by Crippen LogP contribution is -1.94. The fourth-order valence-electron chi connectivity index (χ4n) is 1.12. The van der Waals surface area contributed by atoms with E-state index in [4.69, 9.17) is 4.74 Å². The number of methoxy groups -OCH3 is 1. The average molecular weight is 153 g/mol. The molecule has 1 aromatic carbocycles. The zero-order chi connectivity index (χ0) is 8.27. The second-order valence-corrected chi connectivity index (χ2v) is 2.41. The Hall–Kier alpha value is -1.18. The highest BCUT2D eigenvalue weighted by atomic mass is 16.5. The van der Waals surface area contributed by atoms with Crippen molar-refractivity contribution in [3.8, 4) is 5.75 Å². The summed E-state index contributed by atoms with van der Waals surface area (Å²) in [6.45, 7) is 2.03. The number of aryl methyl sites for hydroxylation is 1. The maximum atomic E-state index is 5.20. The molecule has 0 amide bonds. The molecule has 0 aliphatic carbocycles. The van der Waals surface area contributed by atoms with Crippen LogP contribution in [0.15, 0.2) is 18.2 Å². The largest absolute Gasteiger partial charge is 0.494 e. The van der Waals surface area contributed by atoms with Crippen LogP contribution in [0.3, 0.4) is 0 Å². The van der Waals surface area contributed by atoms with E-state index in [0.29, 0.717) is 0 Å². The van der Waals surface area contributed by atoms with Crippen LogP contribution in [0.2, 0.25) is 0 Å². The second kappa shape index (κ2) is 3.28. The van der Waals surface area contributed by atoms with Crippen LogP contribution in [0, 0.1) is 6.92 Å². The Kier molecular flexibility index (Phi) is 2.36. The lowest BCUT2D eigenvalue weighted by atomic mass is 10.2. The molecule has 2 nitrogen and oxygen atoms in total. The number of ether oxygens (including phenoxy) is 1. The molecule has 11 heavy (non-hydrogen) atoms. The lowest BCUT2D eigenvalue weighted by Gasteiger charge is -2.09. The van der Waals surface area contributed by atoms with Crippen LogP contribution < -0.4 is 10.1 Å². The van der Waals surface area contributed by atoms with Gasteiger partial charge in [0.1, 0.15) is 5.75 Å². The third-order valence-corrected chi connectivity index (χ3v) is 1.69. The molecule has 62 valence electrons. The second-order valence-electron chi connectivity index (χ2n) is 2.41. The van der Waals surface area contributed by atoms with Crippen molar-refractivity contribution in [1.82, 2.24) is 0 Å². The summed E-state index contributed by atoms with van der Waals surface area (Å²) in [5.41, 5.74) is 2.19. The molecule has 0 aliphatic heterocycles. The predicted octanol–water partition coefficient (Wildman–Crippen LogP) is 2.29. The van der Waals surface area contributed by atoms with Gasteiger partial charge in [-0.3, -0.25) is 0 Å². The van der Waals surface area contributed by atoms with E-state index >= 15 is 0 Å². The smallest absolute Gasteiger partial charge is 0.144 e. The summed E-state index contributed by atoms with van der Waals surface area (Å²) in [5.74, 6) is 0.926. The molecule has 2 heteroatoms. The van der Waals surface area contributed by atoms with Crippen LogP contribution in [0.25, 0.3) is 0 Å². The quantitative estimate of drug-likeness (QED) is 0.703. The van der Waals surface area contributed by atoms with Crippen molar-refractivity contribution in [2.24, 2.45) is 0 Å². The van der Waals surface area contributed by atoms with Crippen molar-refractivity contribution >= 4 is 5.69 Å². The van der Waals surface area contributed by atoms with Gasteiger partial charge in [-0.2, -0.15) is 0 Å². The molecule has 0 fully saturated rings. The third kappa shape index (κ3) is 1.45. The summed E-state index contributed by atoms with van der Waals surface area (Å²) in [4.78, 5) is 0. The van der Waals surface area contributed by atoms with Gasteiger partial charge in [0.15, 0.2) is 0 Å². The molecule has 1 rings (SSSR count). The van der Waals surface area contributed by atoms with E-state index in [1.54, 1.807) is 7.11 Å². The topological polar surface area (TPSA) is 21.3 Å². The lowest BCUT2D eigenvalue weighted by molar-refractivity contribution is 0.413. The minimum atomic E-state index is 0. The van der Waals surface area contributed by atoms with Gasteiger partial charge in [0.25, 0.3) is 0 Å². The fraction of sp³-hybridized carbons (Fsp3) is 0.333. The molecule has 0 unspecified atom stereocenters. The highest BCUT2D eigenvalue weighted by molar-refractivity contribution is 5.59. The van der Waals surface area contributed by atoms with Gasteiger partial charge in [0.2, 0.25) is 0 Å². The molecular formula is C9H15NO. The van der Waals surface area contributed by atoms with E-state index < -0.39 is 0 Å². The van der Waals surface area contributed by atoms with Gasteiger partial charge in [0.05, 0.1) is 12.8 Å². The summed E-state index contributed by atoms with van der Waals surface area (Å²) in [5, 5.41) is 3.06. The zero-order valence-corrected chi connectivity index (χ0v) is 7.14. The number of benzene rings is 1. The third-order valence-electron chi connectivity index (χ3n) is 1.69. The highest BCUT2D eigenvalue weighted by Crippen LogP contribution is 2.26. The van der Waals surface area contributed by atoms with E-state index in [1.807, 2.05) is 32.2 Å². The molecule has 0 aromatic heterocycles. The van der Waals surface area contributed by atoms with Crippen LogP contribution in [0.5, 0.6) is 5.75 Å². The van der Waals surface area contributed by atoms with Gasteiger partial charge in [0, 0.05) is 8.47 Å². The number of hydrogen-bond acceptors (Lipinski definition) is 2. The monoisotopic (exact) mass is 153 g/mol. The molecule has 0 aliphatic rings. The van der Waals surface area contributed by atoms with Gasteiger partial charge in [-0.1, -0.05) is 12.1 Å². The molecule has 0 heterocycles. The predicted molar refractivity (Wildman–Crippen MR) is 49.4 cm³/mol. The number of anilines is 1. The average Bonchev–Trinajstić information content (AvgIpc) is 2.04. The highest BCUT2D eigenvalue weighted by Gasteiger charge is 2.01. The molecule has 0 bridgehead atoms. The minimum Gasteiger partial charge on any atom is -0.494 e. The van der Waals surface area contributed by atoms with Crippen molar-refractivity contribution in [1.29, 1.82) is 0 Å². The van der Waals surface area contributed by atoms with Gasteiger partial charge in [-0.05, 0) is 18.6 Å². The maximum Gasteiger partial charge on any atom is 0.144 e. The standard InChI is InChI=1S/C9H13NO.H2/c1-7-5-4-6-8(10-2)9(7)11-3;/h4-6,10H,1-3H3;1H. The van der Waals surface area contributed by atoms with E-state index in [-0.39, 0.29) is 1.43 Å². The molecule has 0 saturated carbocycles. The summed E-state index contributed by atoms with van der Waals surface area (Å²) >= 11 is 0. The Morgan fingerprint density at radius 1 is 1.45 bits per heavy atom. The normalized spacial score (nSPS) is 9.36. The number of para-hydroxylation sites is 1. The van der Waals surface area contributed by atoms with Crippen molar-refractivity contribution in [3.05, 3.63) is 23.8 Å². The molecule has 1 N–H and O–H groups in total. The van der Waals surface area contributed by atoms with E-state index in [0.717, 1.165) is 17.0 Å². The summed E-state index contributed by atoms with van der Waals surface area (Å²) < 4.78 is 5.20. The molecule has 0 radical (unpaired) electrons. The van der Waals surface area contributed by atoms with Gasteiger partial charge >= 0.3 is 0 Å². The Balaban J connectivity index is 0.00000121. The van der Waals surface area contributed by atoms with Crippen molar-refractivity contribution < 1.29 is 6.16 Å². The number of hydrogen-bond donors (Lipinski definition) is 1. The maximum absolute atomic E-state index is 5.20. The van der Waals surface area contributed by atoms with Crippen molar-refractivity contribution in [3.63, 3.8) is 0 Å². The number of nitrogens with one attached hydrogen (secondary N) is 1. The van der Waals surface area contributed by atoms with Crippen LogP contribution >= 0.6 is 0 Å². The Bertz CT molecular complexity index is 250. The zero-order valence-electron chi connectivity index (χ0n) is 7.14. The summed E-state index contributed by atoms with van der Waals surface area (Å²) in [6, 6.07) is 6.02. The van der Waals surface area contributed by atoms with Gasteiger partial charge < -0.3 is 10.1 Å². The SMILES string of the molecule is CNc1cccc(C)c1OC.[HH]. The first-order chi connectivity index (χ1) is 5.29. The van der Waals surface area contributed by atoms with Crippen molar-refractivity contribution in [2.75, 3.05) is 19.5 Å². The molecular weight excluding hydrogens is 138 g/mol. The Morgan fingerprint density at radius 3 is 2.64 bits per heavy atom. The first kappa shape index (κ1) is 7.92. The van der Waals surface area contributed by atoms with Crippen LogP contribution in [-0.2, 0) is 0 Å². The summed E-state index contributed by atoms with van der Waals surface area (Å²) in [6.07, 6.45) is 0. The number of rotatable bonds is 2. The molecule has 0 saturated heterocycles. The van der Waals surface area contributed by atoms with E-state index in [9.17, 15) is 0 Å². The Labute approximate surface area is 68.7 Å². The van der Waals surface area contributed by atoms with Gasteiger partial charge in [-0.15, -0.1) is 0 Å². The summed E-state index contributed by atoms with van der Waals surface area (Å²) in [7, 11) is 3.57. The molecule has 0 spiro atoms. The van der Waals surface area contributed by atoms with Crippen LogP contribution in [0.1, 0.15) is 6.99 Å². The fourth-order valence-corrected chi connectivity index (χ4v) is 1.12. The van der Waals surface area contributed by atoms with Crippen LogP contribution in [-0.4, -0.2) is 14.2 Å². The van der Waals surface area contributed by atoms with E-state index in [1.165, 1.54) is 0 Å². The van der Waals surface area contributed by atoms with Crippen molar-refractivity contribution in [2.45, 2.75) is 6.92 Å². The molecule has 1 aromatic rings. The first-order valence-corrected chi connectivity index (χ1v) is 3.61. The minimum absolute atomic E-state index is 0.